The SMILES string of the molecule is CCC[C@@]1(c2ccc(OC)c(OC)c2)CCN(C)C1CC. The number of hydrogen-bond donors (Lipinski definition) is 0. The minimum atomic E-state index is 0.248. The Bertz CT molecular complexity index is 470. The summed E-state index contributed by atoms with van der Waals surface area (Å²) in [6.07, 6.45) is 4.85. The van der Waals surface area contributed by atoms with Crippen molar-refractivity contribution in [1.82, 2.24) is 4.90 Å². The zero-order valence-electron chi connectivity index (χ0n) is 14.1. The van der Waals surface area contributed by atoms with Crippen LogP contribution in [-0.4, -0.2) is 38.8 Å². The molecular weight excluding hydrogens is 262 g/mol. The third-order valence-electron chi connectivity index (χ3n) is 5.12. The summed E-state index contributed by atoms with van der Waals surface area (Å²) >= 11 is 0. The van der Waals surface area contributed by atoms with E-state index in [-0.39, 0.29) is 5.41 Å². The summed E-state index contributed by atoms with van der Waals surface area (Å²) in [5.41, 5.74) is 1.65. The number of likely N-dealkylation sites (tertiary alicyclic amines) is 1. The lowest BCUT2D eigenvalue weighted by Gasteiger charge is -2.38. The fourth-order valence-electron chi connectivity index (χ4n) is 4.19. The van der Waals surface area contributed by atoms with Gasteiger partial charge in [-0.2, -0.15) is 0 Å². The van der Waals surface area contributed by atoms with Crippen LogP contribution in [0.15, 0.2) is 18.2 Å². The smallest absolute Gasteiger partial charge is 0.161 e. The molecule has 1 unspecified atom stereocenters. The number of ether oxygens (including phenoxy) is 2. The fourth-order valence-corrected chi connectivity index (χ4v) is 4.19. The Morgan fingerprint density at radius 2 is 1.90 bits per heavy atom. The van der Waals surface area contributed by atoms with Crippen LogP contribution in [0.4, 0.5) is 0 Å². The van der Waals surface area contributed by atoms with Crippen LogP contribution in [0.25, 0.3) is 0 Å². The van der Waals surface area contributed by atoms with E-state index in [2.05, 4.69) is 44.0 Å². The molecule has 1 fully saturated rings. The summed E-state index contributed by atoms with van der Waals surface area (Å²) in [4.78, 5) is 2.52. The lowest BCUT2D eigenvalue weighted by molar-refractivity contribution is 0.224. The molecule has 0 N–H and O–H groups in total. The Hall–Kier alpha value is -1.22. The molecule has 0 radical (unpaired) electrons. The van der Waals surface area contributed by atoms with E-state index < -0.39 is 0 Å². The van der Waals surface area contributed by atoms with Crippen molar-refractivity contribution in [3.8, 4) is 11.5 Å². The molecule has 1 aliphatic rings. The molecule has 0 saturated carbocycles. The van der Waals surface area contributed by atoms with Gasteiger partial charge in [-0.1, -0.05) is 26.3 Å². The first-order valence-electron chi connectivity index (χ1n) is 8.05. The highest BCUT2D eigenvalue weighted by Gasteiger charge is 2.45. The summed E-state index contributed by atoms with van der Waals surface area (Å²) in [6, 6.07) is 7.08. The van der Waals surface area contributed by atoms with Gasteiger partial charge in [0.2, 0.25) is 0 Å². The number of nitrogens with zero attached hydrogens (tertiary/aromatic N) is 1. The van der Waals surface area contributed by atoms with Crippen molar-refractivity contribution in [2.45, 2.75) is 51.0 Å². The van der Waals surface area contributed by atoms with Gasteiger partial charge >= 0.3 is 0 Å². The van der Waals surface area contributed by atoms with Gasteiger partial charge in [-0.15, -0.1) is 0 Å². The minimum Gasteiger partial charge on any atom is -0.493 e. The average molecular weight is 291 g/mol. The largest absolute Gasteiger partial charge is 0.493 e. The lowest BCUT2D eigenvalue weighted by Crippen LogP contribution is -2.40. The third-order valence-corrected chi connectivity index (χ3v) is 5.12. The van der Waals surface area contributed by atoms with E-state index in [0.29, 0.717) is 6.04 Å². The van der Waals surface area contributed by atoms with Crippen LogP contribution in [0.2, 0.25) is 0 Å². The van der Waals surface area contributed by atoms with Crippen molar-refractivity contribution in [2.24, 2.45) is 0 Å². The Morgan fingerprint density at radius 3 is 2.48 bits per heavy atom. The summed E-state index contributed by atoms with van der Waals surface area (Å²) in [7, 11) is 5.66. The van der Waals surface area contributed by atoms with Crippen LogP contribution in [0.5, 0.6) is 11.5 Å². The Labute approximate surface area is 129 Å². The van der Waals surface area contributed by atoms with Crippen LogP contribution in [0, 0.1) is 0 Å². The molecule has 118 valence electrons. The summed E-state index contributed by atoms with van der Waals surface area (Å²) < 4.78 is 10.9. The minimum absolute atomic E-state index is 0.248. The molecule has 0 bridgehead atoms. The lowest BCUT2D eigenvalue weighted by atomic mass is 9.70. The van der Waals surface area contributed by atoms with Crippen molar-refractivity contribution in [2.75, 3.05) is 27.8 Å². The van der Waals surface area contributed by atoms with Gasteiger partial charge < -0.3 is 14.4 Å². The quantitative estimate of drug-likeness (QED) is 0.794. The first kappa shape index (κ1) is 16.2. The molecule has 0 aromatic heterocycles. The third kappa shape index (κ3) is 2.76. The highest BCUT2D eigenvalue weighted by atomic mass is 16.5. The van der Waals surface area contributed by atoms with E-state index in [4.69, 9.17) is 9.47 Å². The van der Waals surface area contributed by atoms with Crippen LogP contribution in [-0.2, 0) is 5.41 Å². The van der Waals surface area contributed by atoms with Crippen molar-refractivity contribution < 1.29 is 9.47 Å². The molecule has 1 saturated heterocycles. The topological polar surface area (TPSA) is 21.7 Å². The zero-order chi connectivity index (χ0) is 15.5. The molecule has 0 spiro atoms. The Morgan fingerprint density at radius 1 is 1.19 bits per heavy atom. The Balaban J connectivity index is 2.48. The van der Waals surface area contributed by atoms with Gasteiger partial charge in [-0.3, -0.25) is 0 Å². The van der Waals surface area contributed by atoms with Crippen molar-refractivity contribution in [1.29, 1.82) is 0 Å². The monoisotopic (exact) mass is 291 g/mol. The van der Waals surface area contributed by atoms with E-state index >= 15 is 0 Å². The maximum atomic E-state index is 5.52. The van der Waals surface area contributed by atoms with Crippen molar-refractivity contribution in [3.63, 3.8) is 0 Å². The predicted octanol–water partition coefficient (Wildman–Crippen LogP) is 3.86. The second-order valence-corrected chi connectivity index (χ2v) is 6.13. The maximum absolute atomic E-state index is 5.52. The van der Waals surface area contributed by atoms with Crippen molar-refractivity contribution >= 4 is 0 Å². The Kier molecular flexibility index (Phi) is 5.15. The van der Waals surface area contributed by atoms with Gasteiger partial charge in [0.15, 0.2) is 11.5 Å². The van der Waals surface area contributed by atoms with Crippen LogP contribution >= 0.6 is 0 Å². The number of rotatable bonds is 6. The van der Waals surface area contributed by atoms with Gasteiger partial charge in [0.05, 0.1) is 14.2 Å². The van der Waals surface area contributed by atoms with E-state index in [9.17, 15) is 0 Å². The fraction of sp³-hybridized carbons (Fsp3) is 0.667. The second kappa shape index (κ2) is 6.69. The number of likely N-dealkylation sites (N-methyl/N-ethyl adjacent to an activating group) is 1. The van der Waals surface area contributed by atoms with E-state index in [1.165, 1.54) is 37.8 Å². The van der Waals surface area contributed by atoms with Crippen LogP contribution in [0.1, 0.15) is 45.1 Å². The molecule has 2 rings (SSSR count). The molecular formula is C18H29NO2. The summed E-state index contributed by atoms with van der Waals surface area (Å²) in [5, 5.41) is 0. The van der Waals surface area contributed by atoms with Gasteiger partial charge in [-0.05, 0) is 50.6 Å². The number of benzene rings is 1. The maximum Gasteiger partial charge on any atom is 0.161 e. The number of methoxy groups -OCH3 is 2. The van der Waals surface area contributed by atoms with E-state index in [0.717, 1.165) is 11.5 Å². The molecule has 0 amide bonds. The average Bonchev–Trinajstić information content (AvgIpc) is 2.83. The first-order valence-corrected chi connectivity index (χ1v) is 8.05. The van der Waals surface area contributed by atoms with E-state index in [1.54, 1.807) is 14.2 Å². The van der Waals surface area contributed by atoms with Gasteiger partial charge in [0.1, 0.15) is 0 Å². The zero-order valence-corrected chi connectivity index (χ0v) is 14.1. The van der Waals surface area contributed by atoms with Crippen molar-refractivity contribution in [3.05, 3.63) is 23.8 Å². The normalized spacial score (nSPS) is 26.0. The van der Waals surface area contributed by atoms with Gasteiger partial charge in [-0.25, -0.2) is 0 Å². The standard InChI is InChI=1S/C18H29NO2/c1-6-10-18(11-12-19(3)17(18)7-2)14-8-9-15(20-4)16(13-14)21-5/h8-9,13,17H,6-7,10-12H2,1-5H3/t17?,18-/m0/s1. The molecule has 0 aliphatic carbocycles. The molecule has 1 aromatic carbocycles. The molecule has 3 nitrogen and oxygen atoms in total. The highest BCUT2D eigenvalue weighted by molar-refractivity contribution is 5.46. The molecule has 21 heavy (non-hydrogen) atoms. The number of hydrogen-bond acceptors (Lipinski definition) is 3. The second-order valence-electron chi connectivity index (χ2n) is 6.13. The van der Waals surface area contributed by atoms with Gasteiger partial charge in [0, 0.05) is 11.5 Å². The predicted molar refractivity (Wildman–Crippen MR) is 87.5 cm³/mol. The summed E-state index contributed by atoms with van der Waals surface area (Å²) in [5.74, 6) is 1.65. The molecule has 1 aliphatic heterocycles. The molecule has 3 heteroatoms. The van der Waals surface area contributed by atoms with Crippen LogP contribution < -0.4 is 9.47 Å². The van der Waals surface area contributed by atoms with Gasteiger partial charge in [0.25, 0.3) is 0 Å². The van der Waals surface area contributed by atoms with E-state index in [1.807, 2.05) is 0 Å². The highest BCUT2D eigenvalue weighted by Crippen LogP contribution is 2.46. The van der Waals surface area contributed by atoms with Crippen LogP contribution in [0.3, 0.4) is 0 Å². The summed E-state index contributed by atoms with van der Waals surface area (Å²) in [6.45, 7) is 5.76. The first-order chi connectivity index (χ1) is 10.1. The molecule has 2 atom stereocenters. The molecule has 1 aromatic rings. The molecule has 1 heterocycles.